The van der Waals surface area contributed by atoms with Crippen molar-refractivity contribution in [1.82, 2.24) is 15.1 Å². The van der Waals surface area contributed by atoms with E-state index < -0.39 is 0 Å². The third kappa shape index (κ3) is 3.51. The van der Waals surface area contributed by atoms with Gasteiger partial charge in [0.25, 0.3) is 0 Å². The predicted molar refractivity (Wildman–Crippen MR) is 77.4 cm³/mol. The molecule has 2 heterocycles. The number of aliphatic hydroxyl groups is 1. The van der Waals surface area contributed by atoms with Gasteiger partial charge >= 0.3 is 0 Å². The van der Waals surface area contributed by atoms with E-state index in [-0.39, 0.29) is 12.5 Å². The van der Waals surface area contributed by atoms with Crippen molar-refractivity contribution < 1.29 is 9.90 Å². The lowest BCUT2D eigenvalue weighted by Gasteiger charge is -2.30. The van der Waals surface area contributed by atoms with Crippen LogP contribution in [0.2, 0.25) is 0 Å². The lowest BCUT2D eigenvalue weighted by atomic mass is 10.2. The van der Waals surface area contributed by atoms with Crippen LogP contribution < -0.4 is 5.32 Å². The maximum absolute atomic E-state index is 11.9. The highest BCUT2D eigenvalue weighted by Gasteiger charge is 2.32. The van der Waals surface area contributed by atoms with Gasteiger partial charge in [0.1, 0.15) is 0 Å². The molecule has 2 N–H and O–H groups in total. The maximum Gasteiger partial charge on any atom is 0.234 e. The molecule has 0 aromatic heterocycles. The topological polar surface area (TPSA) is 55.8 Å². The summed E-state index contributed by atoms with van der Waals surface area (Å²) >= 11 is 0. The first-order chi connectivity index (χ1) is 9.76. The molecule has 5 heteroatoms. The molecular weight excluding hydrogens is 254 g/mol. The summed E-state index contributed by atoms with van der Waals surface area (Å²) in [6, 6.07) is 1.30. The van der Waals surface area contributed by atoms with Crippen molar-refractivity contribution in [2.45, 2.75) is 56.7 Å². The summed E-state index contributed by atoms with van der Waals surface area (Å²) in [5.41, 5.74) is 0. The molecule has 3 aliphatic rings. The van der Waals surface area contributed by atoms with E-state index in [0.29, 0.717) is 24.7 Å². The summed E-state index contributed by atoms with van der Waals surface area (Å²) in [6.45, 7) is 3.99. The number of hydrogen-bond acceptors (Lipinski definition) is 4. The van der Waals surface area contributed by atoms with E-state index >= 15 is 0 Å². The summed E-state index contributed by atoms with van der Waals surface area (Å²) in [6.07, 6.45) is 7.00. The zero-order valence-electron chi connectivity index (χ0n) is 12.3. The number of likely N-dealkylation sites (tertiary alicyclic amines) is 2. The van der Waals surface area contributed by atoms with E-state index in [9.17, 15) is 9.90 Å². The highest BCUT2D eigenvalue weighted by atomic mass is 16.3. The monoisotopic (exact) mass is 281 g/mol. The zero-order chi connectivity index (χ0) is 13.9. The Balaban J connectivity index is 1.48. The van der Waals surface area contributed by atoms with Gasteiger partial charge in [0.2, 0.25) is 5.91 Å². The largest absolute Gasteiger partial charge is 0.395 e. The van der Waals surface area contributed by atoms with Crippen molar-refractivity contribution in [3.05, 3.63) is 0 Å². The molecular formula is C15H27N3O2. The molecule has 2 atom stereocenters. The summed E-state index contributed by atoms with van der Waals surface area (Å²) in [7, 11) is 0. The number of carbonyl (C=O) groups is 1. The fourth-order valence-corrected chi connectivity index (χ4v) is 3.61. The van der Waals surface area contributed by atoms with Crippen LogP contribution >= 0.6 is 0 Å². The Morgan fingerprint density at radius 1 is 1.05 bits per heavy atom. The fourth-order valence-electron chi connectivity index (χ4n) is 3.61. The molecule has 5 nitrogen and oxygen atoms in total. The Kier molecular flexibility index (Phi) is 4.58. The molecule has 0 aromatic carbocycles. The van der Waals surface area contributed by atoms with Crippen LogP contribution in [0.5, 0.6) is 0 Å². The van der Waals surface area contributed by atoms with Gasteiger partial charge in [-0.3, -0.25) is 14.6 Å². The van der Waals surface area contributed by atoms with Crippen LogP contribution in [0, 0.1) is 0 Å². The quantitative estimate of drug-likeness (QED) is 0.729. The van der Waals surface area contributed by atoms with Gasteiger partial charge in [-0.05, 0) is 51.6 Å². The summed E-state index contributed by atoms with van der Waals surface area (Å²) in [4.78, 5) is 16.7. The minimum atomic E-state index is 0.194. The van der Waals surface area contributed by atoms with Crippen molar-refractivity contribution in [3.63, 3.8) is 0 Å². The van der Waals surface area contributed by atoms with Crippen molar-refractivity contribution in [2.75, 3.05) is 32.8 Å². The lowest BCUT2D eigenvalue weighted by Crippen LogP contribution is -2.46. The van der Waals surface area contributed by atoms with Crippen LogP contribution in [0.15, 0.2) is 0 Å². The molecule has 0 radical (unpaired) electrons. The lowest BCUT2D eigenvalue weighted by molar-refractivity contribution is -0.122. The highest BCUT2D eigenvalue weighted by Crippen LogP contribution is 2.23. The Morgan fingerprint density at radius 3 is 2.45 bits per heavy atom. The van der Waals surface area contributed by atoms with Crippen LogP contribution in [-0.4, -0.2) is 71.7 Å². The predicted octanol–water partition coefficient (Wildman–Crippen LogP) is 0.186. The number of rotatable bonds is 6. The van der Waals surface area contributed by atoms with Gasteiger partial charge in [0.15, 0.2) is 0 Å². The minimum Gasteiger partial charge on any atom is -0.395 e. The second-order valence-corrected chi connectivity index (χ2v) is 6.58. The molecule has 1 saturated carbocycles. The first kappa shape index (κ1) is 14.3. The van der Waals surface area contributed by atoms with Gasteiger partial charge in [0.05, 0.1) is 13.2 Å². The zero-order valence-corrected chi connectivity index (χ0v) is 12.3. The van der Waals surface area contributed by atoms with E-state index in [2.05, 4.69) is 15.1 Å². The number of aliphatic hydroxyl groups excluding tert-OH is 1. The summed E-state index contributed by atoms with van der Waals surface area (Å²) in [5, 5.41) is 12.5. The molecule has 3 fully saturated rings. The Hall–Kier alpha value is -0.650. The third-order valence-electron chi connectivity index (χ3n) is 4.94. The fraction of sp³-hybridized carbons (Fsp3) is 0.933. The molecule has 3 rings (SSSR count). The van der Waals surface area contributed by atoms with E-state index in [1.165, 1.54) is 19.3 Å². The standard InChI is InChI=1S/C15H27N3O2/c19-11-14-4-2-7-17(14)9-13-3-1-8-18(13)10-15(20)16-12-5-6-12/h12-14,19H,1-11H2,(H,16,20). The molecule has 1 amide bonds. The Morgan fingerprint density at radius 2 is 1.75 bits per heavy atom. The number of nitrogens with one attached hydrogen (secondary N) is 1. The molecule has 20 heavy (non-hydrogen) atoms. The van der Waals surface area contributed by atoms with Gasteiger partial charge in [0, 0.05) is 24.7 Å². The average molecular weight is 281 g/mol. The number of hydrogen-bond donors (Lipinski definition) is 2. The summed E-state index contributed by atoms with van der Waals surface area (Å²) in [5.74, 6) is 0.194. The third-order valence-corrected chi connectivity index (χ3v) is 4.94. The van der Waals surface area contributed by atoms with Gasteiger partial charge in [-0.1, -0.05) is 0 Å². The van der Waals surface area contributed by atoms with Crippen LogP contribution in [-0.2, 0) is 4.79 Å². The number of nitrogens with zero attached hydrogens (tertiary/aromatic N) is 2. The van der Waals surface area contributed by atoms with Gasteiger partial charge in [-0.15, -0.1) is 0 Å². The molecule has 1 aliphatic carbocycles. The molecule has 2 unspecified atom stereocenters. The second kappa shape index (κ2) is 6.41. The average Bonchev–Trinajstić information content (AvgIpc) is 2.96. The van der Waals surface area contributed by atoms with E-state index in [0.717, 1.165) is 38.9 Å². The highest BCUT2D eigenvalue weighted by molar-refractivity contribution is 5.78. The molecule has 0 bridgehead atoms. The SMILES string of the molecule is O=C(CN1CCCC1CN1CCCC1CO)NC1CC1. The number of amides is 1. The maximum atomic E-state index is 11.9. The van der Waals surface area contributed by atoms with Gasteiger partial charge in [-0.2, -0.15) is 0 Å². The second-order valence-electron chi connectivity index (χ2n) is 6.58. The first-order valence-electron chi connectivity index (χ1n) is 8.14. The van der Waals surface area contributed by atoms with Crippen LogP contribution in [0.25, 0.3) is 0 Å². The van der Waals surface area contributed by atoms with Gasteiger partial charge < -0.3 is 10.4 Å². The number of carbonyl (C=O) groups excluding carboxylic acids is 1. The van der Waals surface area contributed by atoms with E-state index in [4.69, 9.17) is 0 Å². The Labute approximate surface area is 121 Å². The molecule has 0 spiro atoms. The van der Waals surface area contributed by atoms with E-state index in [1.54, 1.807) is 0 Å². The van der Waals surface area contributed by atoms with Gasteiger partial charge in [-0.25, -0.2) is 0 Å². The smallest absolute Gasteiger partial charge is 0.234 e. The normalized spacial score (nSPS) is 31.9. The van der Waals surface area contributed by atoms with Crippen molar-refractivity contribution in [2.24, 2.45) is 0 Å². The molecule has 2 aliphatic heterocycles. The van der Waals surface area contributed by atoms with Crippen molar-refractivity contribution in [3.8, 4) is 0 Å². The van der Waals surface area contributed by atoms with Crippen molar-refractivity contribution >= 4 is 5.91 Å². The van der Waals surface area contributed by atoms with E-state index in [1.807, 2.05) is 0 Å². The molecule has 2 saturated heterocycles. The van der Waals surface area contributed by atoms with Crippen LogP contribution in [0.3, 0.4) is 0 Å². The van der Waals surface area contributed by atoms with Crippen LogP contribution in [0.1, 0.15) is 38.5 Å². The van der Waals surface area contributed by atoms with Crippen molar-refractivity contribution in [1.29, 1.82) is 0 Å². The molecule has 0 aromatic rings. The van der Waals surface area contributed by atoms with Crippen LogP contribution in [0.4, 0.5) is 0 Å². The summed E-state index contributed by atoms with van der Waals surface area (Å²) < 4.78 is 0. The Bertz CT molecular complexity index is 346. The molecule has 114 valence electrons. The minimum absolute atomic E-state index is 0.194. The first-order valence-corrected chi connectivity index (χ1v) is 8.14.